The number of pyridine rings is 2. The molecule has 2 aromatic heterocycles. The van der Waals surface area contributed by atoms with Crippen LogP contribution < -0.4 is 10.1 Å². The van der Waals surface area contributed by atoms with E-state index in [9.17, 15) is 4.79 Å². The smallest absolute Gasteiger partial charge is 0.253 e. The topological polar surface area (TPSA) is 64.1 Å². The zero-order chi connectivity index (χ0) is 17.5. The number of nitrogens with one attached hydrogen (secondary N) is 1. The van der Waals surface area contributed by atoms with Crippen molar-refractivity contribution < 1.29 is 9.53 Å². The van der Waals surface area contributed by atoms with E-state index in [1.165, 1.54) is 32.1 Å². The summed E-state index contributed by atoms with van der Waals surface area (Å²) >= 11 is 0. The molecule has 0 unspecified atom stereocenters. The van der Waals surface area contributed by atoms with Gasteiger partial charge in [0.25, 0.3) is 5.91 Å². The van der Waals surface area contributed by atoms with Gasteiger partial charge < -0.3 is 10.1 Å². The molecule has 2 aromatic rings. The SMILES string of the molecule is Cc1nc(OCc2ccncc2)ccc1C(=O)NCC1CCCCC1. The van der Waals surface area contributed by atoms with Gasteiger partial charge in [0, 0.05) is 25.0 Å². The second-order valence-corrected chi connectivity index (χ2v) is 6.64. The first-order chi connectivity index (χ1) is 12.2. The van der Waals surface area contributed by atoms with Crippen LogP contribution >= 0.6 is 0 Å². The lowest BCUT2D eigenvalue weighted by atomic mass is 9.89. The fourth-order valence-corrected chi connectivity index (χ4v) is 3.22. The molecule has 0 atom stereocenters. The number of rotatable bonds is 6. The van der Waals surface area contributed by atoms with E-state index in [2.05, 4.69) is 15.3 Å². The van der Waals surface area contributed by atoms with Crippen LogP contribution in [-0.4, -0.2) is 22.4 Å². The van der Waals surface area contributed by atoms with Gasteiger partial charge in [-0.05, 0) is 49.4 Å². The summed E-state index contributed by atoms with van der Waals surface area (Å²) in [6.45, 7) is 3.04. The Morgan fingerprint density at radius 3 is 2.64 bits per heavy atom. The van der Waals surface area contributed by atoms with E-state index in [4.69, 9.17) is 4.74 Å². The van der Waals surface area contributed by atoms with Crippen molar-refractivity contribution in [2.45, 2.75) is 45.6 Å². The van der Waals surface area contributed by atoms with Crippen LogP contribution in [0.15, 0.2) is 36.7 Å². The second-order valence-electron chi connectivity index (χ2n) is 6.64. The molecular formula is C20H25N3O2. The molecule has 5 heteroatoms. The van der Waals surface area contributed by atoms with E-state index in [1.807, 2.05) is 19.1 Å². The van der Waals surface area contributed by atoms with Crippen molar-refractivity contribution in [3.05, 3.63) is 53.5 Å². The summed E-state index contributed by atoms with van der Waals surface area (Å²) in [6.07, 6.45) is 9.80. The van der Waals surface area contributed by atoms with E-state index >= 15 is 0 Å². The third-order valence-electron chi connectivity index (χ3n) is 4.72. The third kappa shape index (κ3) is 5.02. The first kappa shape index (κ1) is 17.4. The second kappa shape index (κ2) is 8.60. The van der Waals surface area contributed by atoms with Crippen molar-refractivity contribution in [2.75, 3.05) is 6.54 Å². The molecule has 0 aromatic carbocycles. The first-order valence-corrected chi connectivity index (χ1v) is 9.00. The highest BCUT2D eigenvalue weighted by molar-refractivity contribution is 5.95. The lowest BCUT2D eigenvalue weighted by molar-refractivity contribution is 0.0942. The molecule has 0 spiro atoms. The van der Waals surface area contributed by atoms with Crippen LogP contribution in [0.3, 0.4) is 0 Å². The summed E-state index contributed by atoms with van der Waals surface area (Å²) in [4.78, 5) is 20.8. The van der Waals surface area contributed by atoms with Crippen LogP contribution in [-0.2, 0) is 6.61 Å². The Morgan fingerprint density at radius 2 is 1.92 bits per heavy atom. The standard InChI is InChI=1S/C20H25N3O2/c1-15-18(20(24)22-13-16-5-3-2-4-6-16)7-8-19(23-15)25-14-17-9-11-21-12-10-17/h7-12,16H,2-6,13-14H2,1H3,(H,22,24). The average Bonchev–Trinajstić information content (AvgIpc) is 2.66. The molecule has 1 saturated carbocycles. The van der Waals surface area contributed by atoms with Crippen LogP contribution in [0.1, 0.15) is 53.7 Å². The van der Waals surface area contributed by atoms with Gasteiger partial charge in [0.1, 0.15) is 6.61 Å². The van der Waals surface area contributed by atoms with Gasteiger partial charge in [-0.3, -0.25) is 9.78 Å². The summed E-state index contributed by atoms with van der Waals surface area (Å²) < 4.78 is 5.69. The molecule has 1 N–H and O–H groups in total. The van der Waals surface area contributed by atoms with Gasteiger partial charge in [-0.1, -0.05) is 19.3 Å². The molecule has 3 rings (SSSR count). The van der Waals surface area contributed by atoms with E-state index < -0.39 is 0 Å². The molecule has 0 aliphatic heterocycles. The van der Waals surface area contributed by atoms with Gasteiger partial charge >= 0.3 is 0 Å². The van der Waals surface area contributed by atoms with Gasteiger partial charge in [0.05, 0.1) is 11.3 Å². The minimum Gasteiger partial charge on any atom is -0.473 e. The zero-order valence-corrected chi connectivity index (χ0v) is 14.7. The highest BCUT2D eigenvalue weighted by Gasteiger charge is 2.16. The normalized spacial score (nSPS) is 14.9. The van der Waals surface area contributed by atoms with E-state index in [0.717, 1.165) is 12.1 Å². The van der Waals surface area contributed by atoms with Crippen LogP contribution in [0.5, 0.6) is 5.88 Å². The summed E-state index contributed by atoms with van der Waals surface area (Å²) in [5.74, 6) is 1.10. The zero-order valence-electron chi connectivity index (χ0n) is 14.7. The van der Waals surface area contributed by atoms with Gasteiger partial charge in [-0.15, -0.1) is 0 Å². The molecule has 1 fully saturated rings. The Labute approximate surface area is 148 Å². The van der Waals surface area contributed by atoms with Gasteiger partial charge in [0.2, 0.25) is 5.88 Å². The van der Waals surface area contributed by atoms with Gasteiger partial charge in [-0.25, -0.2) is 4.98 Å². The van der Waals surface area contributed by atoms with Crippen LogP contribution in [0.2, 0.25) is 0 Å². The van der Waals surface area contributed by atoms with Gasteiger partial charge in [-0.2, -0.15) is 0 Å². The molecule has 1 aliphatic rings. The van der Waals surface area contributed by atoms with Crippen molar-refractivity contribution in [2.24, 2.45) is 5.92 Å². The Hall–Kier alpha value is -2.43. The lowest BCUT2D eigenvalue weighted by Crippen LogP contribution is -2.30. The molecule has 5 nitrogen and oxygen atoms in total. The number of ether oxygens (including phenoxy) is 1. The Balaban J connectivity index is 1.54. The lowest BCUT2D eigenvalue weighted by Gasteiger charge is -2.21. The predicted molar refractivity (Wildman–Crippen MR) is 96.5 cm³/mol. The summed E-state index contributed by atoms with van der Waals surface area (Å²) in [5, 5.41) is 3.06. The van der Waals surface area contributed by atoms with Crippen molar-refractivity contribution in [1.29, 1.82) is 0 Å². The third-order valence-corrected chi connectivity index (χ3v) is 4.72. The maximum absolute atomic E-state index is 12.4. The number of hydrogen-bond acceptors (Lipinski definition) is 4. The molecule has 2 heterocycles. The number of carbonyl (C=O) groups excluding carboxylic acids is 1. The van der Waals surface area contributed by atoms with Crippen molar-refractivity contribution in [3.63, 3.8) is 0 Å². The van der Waals surface area contributed by atoms with E-state index in [0.29, 0.717) is 29.7 Å². The van der Waals surface area contributed by atoms with Crippen molar-refractivity contribution >= 4 is 5.91 Å². The largest absolute Gasteiger partial charge is 0.473 e. The number of aromatic nitrogens is 2. The molecule has 0 bridgehead atoms. The number of aryl methyl sites for hydroxylation is 1. The first-order valence-electron chi connectivity index (χ1n) is 9.00. The van der Waals surface area contributed by atoms with Crippen LogP contribution in [0, 0.1) is 12.8 Å². The van der Waals surface area contributed by atoms with Crippen molar-refractivity contribution in [1.82, 2.24) is 15.3 Å². The Morgan fingerprint density at radius 1 is 1.16 bits per heavy atom. The number of amides is 1. The highest BCUT2D eigenvalue weighted by atomic mass is 16.5. The monoisotopic (exact) mass is 339 g/mol. The molecule has 0 radical (unpaired) electrons. The maximum atomic E-state index is 12.4. The Bertz CT molecular complexity index is 697. The van der Waals surface area contributed by atoms with E-state index in [1.54, 1.807) is 24.5 Å². The highest BCUT2D eigenvalue weighted by Crippen LogP contribution is 2.23. The van der Waals surface area contributed by atoms with Crippen molar-refractivity contribution in [3.8, 4) is 5.88 Å². The maximum Gasteiger partial charge on any atom is 0.253 e. The van der Waals surface area contributed by atoms with Crippen LogP contribution in [0.4, 0.5) is 0 Å². The fourth-order valence-electron chi connectivity index (χ4n) is 3.22. The Kier molecular flexibility index (Phi) is 5.99. The number of nitrogens with zero attached hydrogens (tertiary/aromatic N) is 2. The minimum absolute atomic E-state index is 0.0451. The molecular weight excluding hydrogens is 314 g/mol. The number of hydrogen-bond donors (Lipinski definition) is 1. The number of carbonyl (C=O) groups is 1. The minimum atomic E-state index is -0.0451. The van der Waals surface area contributed by atoms with Gasteiger partial charge in [0.15, 0.2) is 0 Å². The predicted octanol–water partition coefficient (Wildman–Crippen LogP) is 3.67. The van der Waals surface area contributed by atoms with E-state index in [-0.39, 0.29) is 5.91 Å². The molecule has 1 amide bonds. The molecule has 132 valence electrons. The molecule has 0 saturated heterocycles. The quantitative estimate of drug-likeness (QED) is 0.872. The average molecular weight is 339 g/mol. The fraction of sp³-hybridized carbons (Fsp3) is 0.450. The summed E-state index contributed by atoms with van der Waals surface area (Å²) in [7, 11) is 0. The molecule has 25 heavy (non-hydrogen) atoms. The summed E-state index contributed by atoms with van der Waals surface area (Å²) in [6, 6.07) is 7.35. The summed E-state index contributed by atoms with van der Waals surface area (Å²) in [5.41, 5.74) is 2.34. The van der Waals surface area contributed by atoms with Crippen LogP contribution in [0.25, 0.3) is 0 Å². The molecule has 1 aliphatic carbocycles.